The summed E-state index contributed by atoms with van der Waals surface area (Å²) in [7, 11) is 1.32. The molecule has 0 saturated carbocycles. The van der Waals surface area contributed by atoms with Gasteiger partial charge in [0.1, 0.15) is 0 Å². The summed E-state index contributed by atoms with van der Waals surface area (Å²) in [5, 5.41) is 0. The van der Waals surface area contributed by atoms with Crippen LogP contribution < -0.4 is 0 Å². The summed E-state index contributed by atoms with van der Waals surface area (Å²) in [5.41, 5.74) is -0.750. The largest absolute Gasteiger partial charge is 0.479 e. The Labute approximate surface area is 118 Å². The zero-order chi connectivity index (χ0) is 13.8. The van der Waals surface area contributed by atoms with Crippen LogP contribution in [0, 0.1) is 0 Å². The summed E-state index contributed by atoms with van der Waals surface area (Å²) in [6.07, 6.45) is 5.80. The highest BCUT2D eigenvalue weighted by molar-refractivity contribution is 8.23. The lowest BCUT2D eigenvalue weighted by atomic mass is 10.3. The molecule has 0 radical (unpaired) electrons. The molecule has 0 aromatic rings. The standard InChI is InChI=1S/C12H20O4S2/c1-4-6-7-8-9-16-11(10(13)14-3)18-12(17)15-5-2/h4,6,11H,5,7-9H2,1-3H3/b6-4+. The van der Waals surface area contributed by atoms with Crippen LogP contribution in [0.2, 0.25) is 0 Å². The summed E-state index contributed by atoms with van der Waals surface area (Å²) in [6.45, 7) is 4.75. The number of carbonyl (C=O) groups is 1. The minimum atomic E-state index is -0.750. The van der Waals surface area contributed by atoms with E-state index in [0.29, 0.717) is 17.6 Å². The van der Waals surface area contributed by atoms with Crippen LogP contribution in [0.1, 0.15) is 26.7 Å². The van der Waals surface area contributed by atoms with Gasteiger partial charge >= 0.3 is 5.97 Å². The highest BCUT2D eigenvalue weighted by Gasteiger charge is 2.23. The molecule has 0 saturated heterocycles. The van der Waals surface area contributed by atoms with Crippen molar-refractivity contribution < 1.29 is 19.0 Å². The second-order valence-corrected chi connectivity index (χ2v) is 4.90. The molecule has 0 N–H and O–H groups in total. The number of thioether (sulfide) groups is 1. The highest BCUT2D eigenvalue weighted by atomic mass is 32.2. The Morgan fingerprint density at radius 1 is 1.50 bits per heavy atom. The maximum absolute atomic E-state index is 11.5. The van der Waals surface area contributed by atoms with Crippen molar-refractivity contribution in [1.82, 2.24) is 0 Å². The minimum absolute atomic E-state index is 0.293. The second-order valence-electron chi connectivity index (χ2n) is 3.24. The maximum Gasteiger partial charge on any atom is 0.346 e. The average molecular weight is 292 g/mol. The Morgan fingerprint density at radius 3 is 2.78 bits per heavy atom. The summed E-state index contributed by atoms with van der Waals surface area (Å²) in [6, 6.07) is 0. The first-order valence-electron chi connectivity index (χ1n) is 5.79. The molecule has 0 aliphatic rings. The normalized spacial score (nSPS) is 12.4. The smallest absolute Gasteiger partial charge is 0.346 e. The molecule has 104 valence electrons. The number of methoxy groups -OCH3 is 1. The first-order chi connectivity index (χ1) is 8.65. The summed E-state index contributed by atoms with van der Waals surface area (Å²) < 4.78 is 15.5. The van der Waals surface area contributed by atoms with Crippen LogP contribution in [0.15, 0.2) is 12.2 Å². The number of allylic oxidation sites excluding steroid dienone is 2. The van der Waals surface area contributed by atoms with Crippen molar-refractivity contribution in [2.24, 2.45) is 0 Å². The predicted molar refractivity (Wildman–Crippen MR) is 77.6 cm³/mol. The second kappa shape index (κ2) is 11.5. The van der Waals surface area contributed by atoms with Crippen molar-refractivity contribution in [2.45, 2.75) is 32.1 Å². The highest BCUT2D eigenvalue weighted by Crippen LogP contribution is 2.17. The molecule has 18 heavy (non-hydrogen) atoms. The molecule has 0 amide bonds. The van der Waals surface area contributed by atoms with Crippen molar-refractivity contribution in [2.75, 3.05) is 20.3 Å². The van der Waals surface area contributed by atoms with Crippen LogP contribution in [-0.4, -0.2) is 36.1 Å². The molecule has 4 nitrogen and oxygen atoms in total. The molecular formula is C12H20O4S2. The van der Waals surface area contributed by atoms with Crippen LogP contribution in [0.3, 0.4) is 0 Å². The van der Waals surface area contributed by atoms with E-state index in [0.717, 1.165) is 24.6 Å². The van der Waals surface area contributed by atoms with Gasteiger partial charge in [0.2, 0.25) is 9.82 Å². The third-order valence-corrected chi connectivity index (χ3v) is 3.14. The molecule has 0 fully saturated rings. The fourth-order valence-electron chi connectivity index (χ4n) is 1.04. The molecule has 0 aliphatic heterocycles. The fraction of sp³-hybridized carbons (Fsp3) is 0.667. The lowest BCUT2D eigenvalue weighted by molar-refractivity contribution is -0.148. The zero-order valence-corrected chi connectivity index (χ0v) is 12.6. The van der Waals surface area contributed by atoms with E-state index in [9.17, 15) is 4.79 Å². The molecule has 1 atom stereocenters. The van der Waals surface area contributed by atoms with E-state index in [-0.39, 0.29) is 0 Å². The molecule has 1 unspecified atom stereocenters. The quantitative estimate of drug-likeness (QED) is 0.225. The molecule has 6 heteroatoms. The third-order valence-electron chi connectivity index (χ3n) is 1.88. The number of rotatable bonds is 8. The van der Waals surface area contributed by atoms with Gasteiger partial charge in [-0.3, -0.25) is 0 Å². The number of hydrogen-bond donors (Lipinski definition) is 0. The van der Waals surface area contributed by atoms with E-state index >= 15 is 0 Å². The lowest BCUT2D eigenvalue weighted by Crippen LogP contribution is -2.24. The maximum atomic E-state index is 11.5. The van der Waals surface area contributed by atoms with Gasteiger partial charge in [-0.05, 0) is 50.7 Å². The van der Waals surface area contributed by atoms with Crippen LogP contribution >= 0.6 is 24.0 Å². The van der Waals surface area contributed by atoms with Crippen molar-refractivity contribution in [3.8, 4) is 0 Å². The van der Waals surface area contributed by atoms with E-state index in [1.54, 1.807) is 0 Å². The molecule has 0 aromatic carbocycles. The Morgan fingerprint density at radius 2 is 2.22 bits per heavy atom. The molecule has 0 bridgehead atoms. The van der Waals surface area contributed by atoms with E-state index in [1.807, 2.05) is 19.9 Å². The van der Waals surface area contributed by atoms with Crippen LogP contribution in [0.4, 0.5) is 0 Å². The van der Waals surface area contributed by atoms with Crippen molar-refractivity contribution in [3.63, 3.8) is 0 Å². The number of hydrogen-bond acceptors (Lipinski definition) is 6. The van der Waals surface area contributed by atoms with Crippen LogP contribution in [0.25, 0.3) is 0 Å². The van der Waals surface area contributed by atoms with E-state index in [1.165, 1.54) is 7.11 Å². The number of unbranched alkanes of at least 4 members (excludes halogenated alkanes) is 1. The van der Waals surface area contributed by atoms with Gasteiger partial charge in [0.15, 0.2) is 0 Å². The van der Waals surface area contributed by atoms with Gasteiger partial charge in [0.05, 0.1) is 13.7 Å². The van der Waals surface area contributed by atoms with Gasteiger partial charge in [-0.15, -0.1) is 0 Å². The summed E-state index contributed by atoms with van der Waals surface area (Å²) in [5.74, 6) is -0.451. The number of esters is 1. The van der Waals surface area contributed by atoms with Gasteiger partial charge in [-0.1, -0.05) is 12.2 Å². The van der Waals surface area contributed by atoms with Gasteiger partial charge in [-0.25, -0.2) is 4.79 Å². The molecular weight excluding hydrogens is 272 g/mol. The van der Waals surface area contributed by atoms with E-state index in [2.05, 4.69) is 10.8 Å². The summed E-state index contributed by atoms with van der Waals surface area (Å²) in [4.78, 5) is 11.5. The fourth-order valence-corrected chi connectivity index (χ4v) is 2.14. The first-order valence-corrected chi connectivity index (χ1v) is 7.08. The Balaban J connectivity index is 4.07. The van der Waals surface area contributed by atoms with Gasteiger partial charge in [-0.2, -0.15) is 0 Å². The van der Waals surface area contributed by atoms with Gasteiger partial charge in [0, 0.05) is 6.61 Å². The van der Waals surface area contributed by atoms with Crippen molar-refractivity contribution in [1.29, 1.82) is 0 Å². The Bertz CT molecular complexity index is 279. The van der Waals surface area contributed by atoms with Gasteiger partial charge < -0.3 is 14.2 Å². The lowest BCUT2D eigenvalue weighted by Gasteiger charge is -2.15. The Kier molecular flexibility index (Phi) is 11.1. The number of ether oxygens (including phenoxy) is 3. The van der Waals surface area contributed by atoms with Crippen molar-refractivity contribution >= 4 is 34.3 Å². The van der Waals surface area contributed by atoms with Crippen LogP contribution in [-0.2, 0) is 19.0 Å². The molecule has 0 spiro atoms. The van der Waals surface area contributed by atoms with Crippen LogP contribution in [0.5, 0.6) is 0 Å². The van der Waals surface area contributed by atoms with Crippen molar-refractivity contribution in [3.05, 3.63) is 12.2 Å². The monoisotopic (exact) mass is 292 g/mol. The molecule has 0 rings (SSSR count). The molecule has 0 aliphatic carbocycles. The number of carbonyl (C=O) groups excluding carboxylic acids is 1. The van der Waals surface area contributed by atoms with E-state index < -0.39 is 11.4 Å². The number of thiocarbonyl (C=S) groups is 1. The summed E-state index contributed by atoms with van der Waals surface area (Å²) >= 11 is 6.02. The predicted octanol–water partition coefficient (Wildman–Crippen LogP) is 2.91. The van der Waals surface area contributed by atoms with Gasteiger partial charge in [0.25, 0.3) is 0 Å². The SMILES string of the molecule is C/C=C/CCCOC(SC(=S)OCC)C(=O)OC. The molecule has 0 aromatic heterocycles. The minimum Gasteiger partial charge on any atom is -0.479 e. The first kappa shape index (κ1) is 17.4. The average Bonchev–Trinajstić information content (AvgIpc) is 2.36. The Hall–Kier alpha value is -0.590. The molecule has 0 heterocycles. The topological polar surface area (TPSA) is 44.8 Å². The van der Waals surface area contributed by atoms with E-state index in [4.69, 9.17) is 21.7 Å². The third kappa shape index (κ3) is 8.49. The zero-order valence-electron chi connectivity index (χ0n) is 11.0.